The lowest BCUT2D eigenvalue weighted by atomic mass is 10.1. The van der Waals surface area contributed by atoms with Crippen molar-refractivity contribution < 1.29 is 16.8 Å². The van der Waals surface area contributed by atoms with Crippen LogP contribution < -0.4 is 9.86 Å². The average Bonchev–Trinajstić information content (AvgIpc) is 2.53. The van der Waals surface area contributed by atoms with E-state index in [0.717, 1.165) is 0 Å². The smallest absolute Gasteiger partial charge is 0.254 e. The van der Waals surface area contributed by atoms with Crippen LogP contribution in [0.2, 0.25) is 0 Å². The molecule has 0 fully saturated rings. The van der Waals surface area contributed by atoms with E-state index >= 15 is 0 Å². The molecule has 0 heterocycles. The fourth-order valence-electron chi connectivity index (χ4n) is 2.35. The zero-order valence-corrected chi connectivity index (χ0v) is 14.0. The van der Waals surface area contributed by atoms with Crippen molar-refractivity contribution in [2.24, 2.45) is 0 Å². The summed E-state index contributed by atoms with van der Waals surface area (Å²) in [4.78, 5) is -0.320. The van der Waals surface area contributed by atoms with Gasteiger partial charge in [0.15, 0.2) is 0 Å². The molecule has 24 heavy (non-hydrogen) atoms. The molecule has 0 amide bonds. The molecule has 0 aromatic heterocycles. The Hall–Kier alpha value is -2.42. The SMILES string of the molecule is Nc1cccc(S(=O)(=O)NS(=O)(=O)c2cccc3ccccc23)c1. The Morgan fingerprint density at radius 3 is 2.17 bits per heavy atom. The first-order valence-corrected chi connectivity index (χ1v) is 9.88. The number of fused-ring (bicyclic) bond motifs is 1. The fourth-order valence-corrected chi connectivity index (χ4v) is 5.53. The molecule has 0 aliphatic rings. The Balaban J connectivity index is 2.08. The number of sulfonamides is 2. The maximum atomic E-state index is 12.6. The van der Waals surface area contributed by atoms with Crippen LogP contribution in [0.25, 0.3) is 10.8 Å². The summed E-state index contributed by atoms with van der Waals surface area (Å²) >= 11 is 0. The standard InChI is InChI=1S/C16H14N2O4S2/c17-13-7-4-8-14(11-13)23(19,20)18-24(21,22)16-10-3-6-12-5-1-2-9-15(12)16/h1-11,18H,17H2. The molecular formula is C16H14N2O4S2. The molecule has 0 saturated carbocycles. The molecule has 3 aromatic rings. The zero-order chi connectivity index (χ0) is 17.4. The van der Waals surface area contributed by atoms with Crippen LogP contribution in [-0.4, -0.2) is 16.8 Å². The van der Waals surface area contributed by atoms with E-state index in [1.807, 2.05) is 0 Å². The minimum Gasteiger partial charge on any atom is -0.399 e. The van der Waals surface area contributed by atoms with E-state index in [-0.39, 0.29) is 15.5 Å². The van der Waals surface area contributed by atoms with Gasteiger partial charge in [0.1, 0.15) is 0 Å². The highest BCUT2D eigenvalue weighted by Crippen LogP contribution is 2.24. The van der Waals surface area contributed by atoms with Gasteiger partial charge < -0.3 is 5.73 Å². The van der Waals surface area contributed by atoms with E-state index in [9.17, 15) is 16.8 Å². The van der Waals surface area contributed by atoms with Crippen molar-refractivity contribution in [3.8, 4) is 0 Å². The van der Waals surface area contributed by atoms with Gasteiger partial charge >= 0.3 is 0 Å². The topological polar surface area (TPSA) is 106 Å². The van der Waals surface area contributed by atoms with Crippen LogP contribution in [0.5, 0.6) is 0 Å². The average molecular weight is 362 g/mol. The summed E-state index contributed by atoms with van der Waals surface area (Å²) in [5.41, 5.74) is 5.79. The zero-order valence-electron chi connectivity index (χ0n) is 12.4. The predicted molar refractivity (Wildman–Crippen MR) is 92.3 cm³/mol. The van der Waals surface area contributed by atoms with Crippen LogP contribution in [0.15, 0.2) is 76.5 Å². The van der Waals surface area contributed by atoms with Crippen LogP contribution in [0.4, 0.5) is 5.69 Å². The lowest BCUT2D eigenvalue weighted by molar-refractivity contribution is 0.577. The lowest BCUT2D eigenvalue weighted by Crippen LogP contribution is -2.30. The molecule has 8 heteroatoms. The molecule has 0 aliphatic carbocycles. The number of hydrogen-bond acceptors (Lipinski definition) is 5. The van der Waals surface area contributed by atoms with Gasteiger partial charge in [0.05, 0.1) is 9.79 Å². The molecule has 3 rings (SSSR count). The van der Waals surface area contributed by atoms with Crippen molar-refractivity contribution >= 4 is 36.5 Å². The van der Waals surface area contributed by atoms with E-state index in [2.05, 4.69) is 0 Å². The van der Waals surface area contributed by atoms with Crippen molar-refractivity contribution in [2.45, 2.75) is 9.79 Å². The lowest BCUT2D eigenvalue weighted by Gasteiger charge is -2.10. The monoisotopic (exact) mass is 362 g/mol. The molecule has 6 nitrogen and oxygen atoms in total. The second-order valence-corrected chi connectivity index (χ2v) is 8.73. The van der Waals surface area contributed by atoms with Crippen LogP contribution in [-0.2, 0) is 20.0 Å². The fraction of sp³-hybridized carbons (Fsp3) is 0. The summed E-state index contributed by atoms with van der Waals surface area (Å²) in [6, 6.07) is 16.9. The summed E-state index contributed by atoms with van der Waals surface area (Å²) in [6.07, 6.45) is 0. The molecule has 3 aromatic carbocycles. The molecular weight excluding hydrogens is 348 g/mol. The summed E-state index contributed by atoms with van der Waals surface area (Å²) < 4.78 is 51.7. The number of benzene rings is 3. The Bertz CT molecular complexity index is 1120. The molecule has 0 spiro atoms. The second kappa shape index (κ2) is 5.90. The number of nitrogens with one attached hydrogen (secondary N) is 1. The normalized spacial score (nSPS) is 12.3. The third kappa shape index (κ3) is 3.12. The van der Waals surface area contributed by atoms with Crippen molar-refractivity contribution in [1.82, 2.24) is 4.13 Å². The number of anilines is 1. The first-order chi connectivity index (χ1) is 11.3. The molecule has 0 atom stereocenters. The van der Waals surface area contributed by atoms with E-state index in [1.54, 1.807) is 40.5 Å². The first-order valence-electron chi connectivity index (χ1n) is 6.91. The van der Waals surface area contributed by atoms with Crippen LogP contribution in [0, 0.1) is 0 Å². The summed E-state index contributed by atoms with van der Waals surface area (Å²) in [7, 11) is -8.56. The van der Waals surface area contributed by atoms with Gasteiger partial charge in [-0.05, 0) is 29.7 Å². The third-order valence-electron chi connectivity index (χ3n) is 3.43. The Morgan fingerprint density at radius 2 is 1.42 bits per heavy atom. The molecule has 0 bridgehead atoms. The Morgan fingerprint density at radius 1 is 0.750 bits per heavy atom. The number of hydrogen-bond donors (Lipinski definition) is 2. The predicted octanol–water partition coefficient (Wildman–Crippen LogP) is 2.09. The molecule has 0 unspecified atom stereocenters. The molecule has 0 radical (unpaired) electrons. The highest BCUT2D eigenvalue weighted by atomic mass is 32.3. The minimum atomic E-state index is -4.28. The molecule has 124 valence electrons. The highest BCUT2D eigenvalue weighted by Gasteiger charge is 2.26. The third-order valence-corrected chi connectivity index (χ3v) is 6.99. The quantitative estimate of drug-likeness (QED) is 0.691. The Labute approximate surface area is 140 Å². The maximum Gasteiger partial charge on any atom is 0.254 e. The van der Waals surface area contributed by atoms with Crippen molar-refractivity contribution in [1.29, 1.82) is 0 Å². The van der Waals surface area contributed by atoms with Crippen LogP contribution >= 0.6 is 0 Å². The second-order valence-electron chi connectivity index (χ2n) is 5.14. The van der Waals surface area contributed by atoms with E-state index in [4.69, 9.17) is 5.73 Å². The van der Waals surface area contributed by atoms with Gasteiger partial charge in [-0.3, -0.25) is 0 Å². The van der Waals surface area contributed by atoms with Crippen molar-refractivity contribution in [3.05, 3.63) is 66.7 Å². The highest BCUT2D eigenvalue weighted by molar-refractivity contribution is 8.04. The van der Waals surface area contributed by atoms with Gasteiger partial charge in [0.2, 0.25) is 0 Å². The number of rotatable bonds is 4. The van der Waals surface area contributed by atoms with Gasteiger partial charge in [0, 0.05) is 11.1 Å². The van der Waals surface area contributed by atoms with E-state index < -0.39 is 20.0 Å². The largest absolute Gasteiger partial charge is 0.399 e. The summed E-state index contributed by atoms with van der Waals surface area (Å²) in [5.74, 6) is 0. The van der Waals surface area contributed by atoms with Gasteiger partial charge in [-0.1, -0.05) is 42.5 Å². The van der Waals surface area contributed by atoms with Gasteiger partial charge in [-0.25, -0.2) is 16.8 Å². The number of nitrogens with two attached hydrogens (primary N) is 1. The van der Waals surface area contributed by atoms with E-state index in [1.165, 1.54) is 30.3 Å². The molecule has 3 N–H and O–H groups in total. The molecule has 0 saturated heterocycles. The first kappa shape index (κ1) is 16.4. The maximum absolute atomic E-state index is 12.6. The molecule has 0 aliphatic heterocycles. The number of nitrogen functional groups attached to an aromatic ring is 1. The summed E-state index contributed by atoms with van der Waals surface area (Å²) in [6.45, 7) is 0. The Kier molecular flexibility index (Phi) is 4.04. The van der Waals surface area contributed by atoms with Gasteiger partial charge in [-0.2, -0.15) is 0 Å². The van der Waals surface area contributed by atoms with E-state index in [0.29, 0.717) is 10.8 Å². The summed E-state index contributed by atoms with van der Waals surface area (Å²) in [5, 5.41) is 1.14. The van der Waals surface area contributed by atoms with Crippen molar-refractivity contribution in [3.63, 3.8) is 0 Å². The van der Waals surface area contributed by atoms with Crippen molar-refractivity contribution in [2.75, 3.05) is 5.73 Å². The van der Waals surface area contributed by atoms with Crippen LogP contribution in [0.3, 0.4) is 0 Å². The minimum absolute atomic E-state index is 0.104. The van der Waals surface area contributed by atoms with Gasteiger partial charge in [-0.15, -0.1) is 4.13 Å². The van der Waals surface area contributed by atoms with Crippen LogP contribution in [0.1, 0.15) is 0 Å². The van der Waals surface area contributed by atoms with Gasteiger partial charge in [0.25, 0.3) is 20.0 Å².